The first-order valence-electron chi connectivity index (χ1n) is 8.10. The fourth-order valence-corrected chi connectivity index (χ4v) is 3.26. The summed E-state index contributed by atoms with van der Waals surface area (Å²) in [6.45, 7) is 5.98. The van der Waals surface area contributed by atoms with Gasteiger partial charge in [-0.15, -0.1) is 0 Å². The summed E-state index contributed by atoms with van der Waals surface area (Å²) >= 11 is 0. The van der Waals surface area contributed by atoms with E-state index < -0.39 is 5.60 Å². The van der Waals surface area contributed by atoms with Crippen molar-refractivity contribution >= 4 is 11.0 Å². The molecule has 0 fully saturated rings. The van der Waals surface area contributed by atoms with E-state index in [2.05, 4.69) is 19.5 Å². The van der Waals surface area contributed by atoms with Gasteiger partial charge in [0.05, 0.1) is 11.0 Å². The van der Waals surface area contributed by atoms with E-state index in [0.29, 0.717) is 28.2 Å². The number of hydrogen-bond acceptors (Lipinski definition) is 4. The maximum absolute atomic E-state index is 14.6. The number of aryl methyl sites for hydroxylation is 3. The number of halogens is 1. The lowest BCUT2D eigenvalue weighted by Crippen LogP contribution is -2.20. The number of nitrogens with zero attached hydrogens (tertiary/aromatic N) is 4. The normalized spacial score (nSPS) is 14.4. The van der Waals surface area contributed by atoms with E-state index in [1.807, 2.05) is 6.07 Å². The number of rotatable bonds is 2. The van der Waals surface area contributed by atoms with E-state index in [9.17, 15) is 9.50 Å². The first kappa shape index (κ1) is 15.2. The Morgan fingerprint density at radius 2 is 2.00 bits per heavy atom. The summed E-state index contributed by atoms with van der Waals surface area (Å²) in [5.41, 5.74) is 2.26. The maximum atomic E-state index is 14.6. The van der Waals surface area contributed by atoms with Crippen LogP contribution in [-0.4, -0.2) is 24.6 Å². The molecule has 124 valence electrons. The van der Waals surface area contributed by atoms with E-state index >= 15 is 0 Å². The number of imidazole rings is 1. The summed E-state index contributed by atoms with van der Waals surface area (Å²) in [5.74, 6) is 1.02. The minimum Gasteiger partial charge on any atom is -0.382 e. The summed E-state index contributed by atoms with van der Waals surface area (Å²) in [4.78, 5) is 13.1. The zero-order valence-electron chi connectivity index (χ0n) is 14.0. The van der Waals surface area contributed by atoms with Gasteiger partial charge in [-0.25, -0.2) is 19.3 Å². The SMILES string of the molecule is Cc1nc(C(C)(C)O)ncc1-c1cc2c(cc1F)nc1n2CCC1. The van der Waals surface area contributed by atoms with Gasteiger partial charge in [-0.05, 0) is 33.3 Å². The van der Waals surface area contributed by atoms with E-state index in [4.69, 9.17) is 0 Å². The summed E-state index contributed by atoms with van der Waals surface area (Å²) in [5, 5.41) is 10.0. The second-order valence-corrected chi connectivity index (χ2v) is 6.86. The molecule has 0 radical (unpaired) electrons. The molecule has 4 rings (SSSR count). The first-order valence-corrected chi connectivity index (χ1v) is 8.10. The molecular weight excluding hydrogens is 307 g/mol. The Morgan fingerprint density at radius 1 is 1.21 bits per heavy atom. The lowest BCUT2D eigenvalue weighted by atomic mass is 10.0. The van der Waals surface area contributed by atoms with Gasteiger partial charge < -0.3 is 9.67 Å². The largest absolute Gasteiger partial charge is 0.382 e. The van der Waals surface area contributed by atoms with Crippen LogP contribution in [0, 0.1) is 12.7 Å². The van der Waals surface area contributed by atoms with Crippen molar-refractivity contribution < 1.29 is 9.50 Å². The van der Waals surface area contributed by atoms with Crippen molar-refractivity contribution in [2.45, 2.75) is 45.8 Å². The van der Waals surface area contributed by atoms with Gasteiger partial charge in [0, 0.05) is 42.0 Å². The van der Waals surface area contributed by atoms with E-state index in [1.165, 1.54) is 6.07 Å². The third-order valence-corrected chi connectivity index (χ3v) is 4.51. The maximum Gasteiger partial charge on any atom is 0.159 e. The average molecular weight is 326 g/mol. The zero-order chi connectivity index (χ0) is 17.1. The van der Waals surface area contributed by atoms with Gasteiger partial charge in [0.2, 0.25) is 0 Å². The smallest absolute Gasteiger partial charge is 0.159 e. The molecule has 5 nitrogen and oxygen atoms in total. The number of aliphatic hydroxyl groups is 1. The van der Waals surface area contributed by atoms with Gasteiger partial charge in [0.1, 0.15) is 17.2 Å². The number of fused-ring (bicyclic) bond motifs is 3. The average Bonchev–Trinajstić information content (AvgIpc) is 3.06. The Balaban J connectivity index is 1.88. The van der Waals surface area contributed by atoms with Crippen molar-refractivity contribution in [3.8, 4) is 11.1 Å². The standard InChI is InChI=1S/C18H19FN4O/c1-10-12(9-20-17(21-10)18(2,3)24)11-7-15-14(8-13(11)19)22-16-5-4-6-23(15)16/h7-9,24H,4-6H2,1-3H3. The van der Waals surface area contributed by atoms with Crippen LogP contribution in [0.1, 0.15) is 37.6 Å². The zero-order valence-corrected chi connectivity index (χ0v) is 14.0. The molecule has 2 aromatic heterocycles. The molecule has 0 saturated heterocycles. The monoisotopic (exact) mass is 326 g/mol. The Morgan fingerprint density at radius 3 is 2.71 bits per heavy atom. The molecule has 1 aliphatic rings. The van der Waals surface area contributed by atoms with Gasteiger partial charge in [-0.1, -0.05) is 0 Å². The van der Waals surface area contributed by atoms with Gasteiger partial charge in [0.25, 0.3) is 0 Å². The fourth-order valence-electron chi connectivity index (χ4n) is 3.26. The van der Waals surface area contributed by atoms with Crippen LogP contribution in [0.3, 0.4) is 0 Å². The number of benzene rings is 1. The highest BCUT2D eigenvalue weighted by Gasteiger charge is 2.23. The Bertz CT molecular complexity index is 956. The quantitative estimate of drug-likeness (QED) is 0.786. The Hall–Kier alpha value is -2.34. The molecule has 6 heteroatoms. The van der Waals surface area contributed by atoms with Crippen molar-refractivity contribution in [2.24, 2.45) is 0 Å². The molecule has 3 heterocycles. The molecular formula is C18H19FN4O. The van der Waals surface area contributed by atoms with Crippen LogP contribution >= 0.6 is 0 Å². The molecule has 0 unspecified atom stereocenters. The van der Waals surface area contributed by atoms with Gasteiger partial charge in [-0.2, -0.15) is 0 Å². The highest BCUT2D eigenvalue weighted by atomic mass is 19.1. The van der Waals surface area contributed by atoms with E-state index in [0.717, 1.165) is 30.7 Å². The summed E-state index contributed by atoms with van der Waals surface area (Å²) < 4.78 is 16.8. The Kier molecular flexibility index (Phi) is 3.22. The fraction of sp³-hybridized carbons (Fsp3) is 0.389. The molecule has 3 aromatic rings. The third kappa shape index (κ3) is 2.29. The summed E-state index contributed by atoms with van der Waals surface area (Å²) in [7, 11) is 0. The van der Waals surface area contributed by atoms with Crippen molar-refractivity contribution in [3.05, 3.63) is 41.5 Å². The van der Waals surface area contributed by atoms with Crippen LogP contribution in [0.2, 0.25) is 0 Å². The van der Waals surface area contributed by atoms with Gasteiger partial charge in [0.15, 0.2) is 5.82 Å². The number of hydrogen-bond donors (Lipinski definition) is 1. The summed E-state index contributed by atoms with van der Waals surface area (Å²) in [6.07, 6.45) is 3.60. The van der Waals surface area contributed by atoms with Crippen LogP contribution < -0.4 is 0 Å². The lowest BCUT2D eigenvalue weighted by Gasteiger charge is -2.17. The second kappa shape index (κ2) is 5.08. The van der Waals surface area contributed by atoms with Crippen molar-refractivity contribution in [2.75, 3.05) is 0 Å². The highest BCUT2D eigenvalue weighted by molar-refractivity contribution is 5.83. The topological polar surface area (TPSA) is 63.8 Å². The molecule has 1 aliphatic heterocycles. The van der Waals surface area contributed by atoms with Crippen LogP contribution in [-0.2, 0) is 18.6 Å². The lowest BCUT2D eigenvalue weighted by molar-refractivity contribution is 0.0685. The van der Waals surface area contributed by atoms with Crippen LogP contribution in [0.4, 0.5) is 4.39 Å². The van der Waals surface area contributed by atoms with E-state index in [1.54, 1.807) is 27.0 Å². The van der Waals surface area contributed by atoms with Crippen molar-refractivity contribution in [1.29, 1.82) is 0 Å². The van der Waals surface area contributed by atoms with E-state index in [-0.39, 0.29) is 5.82 Å². The predicted molar refractivity (Wildman–Crippen MR) is 89.0 cm³/mol. The third-order valence-electron chi connectivity index (χ3n) is 4.51. The molecule has 0 atom stereocenters. The Labute approximate surface area is 139 Å². The van der Waals surface area contributed by atoms with Crippen LogP contribution in [0.5, 0.6) is 0 Å². The number of aromatic nitrogens is 4. The van der Waals surface area contributed by atoms with Crippen molar-refractivity contribution in [3.63, 3.8) is 0 Å². The molecule has 0 bridgehead atoms. The molecule has 0 spiro atoms. The molecule has 0 saturated carbocycles. The molecule has 24 heavy (non-hydrogen) atoms. The van der Waals surface area contributed by atoms with Gasteiger partial charge in [-0.3, -0.25) is 0 Å². The predicted octanol–water partition coefficient (Wildman–Crippen LogP) is 3.11. The molecule has 1 N–H and O–H groups in total. The first-order chi connectivity index (χ1) is 11.3. The highest BCUT2D eigenvalue weighted by Crippen LogP contribution is 2.32. The minimum absolute atomic E-state index is 0.329. The molecule has 0 aliphatic carbocycles. The summed E-state index contributed by atoms with van der Waals surface area (Å²) in [6, 6.07) is 3.32. The second-order valence-electron chi connectivity index (χ2n) is 6.86. The van der Waals surface area contributed by atoms with Crippen molar-refractivity contribution in [1.82, 2.24) is 19.5 Å². The molecule has 1 aromatic carbocycles. The van der Waals surface area contributed by atoms with Crippen LogP contribution in [0.15, 0.2) is 18.3 Å². The van der Waals surface area contributed by atoms with Crippen LogP contribution in [0.25, 0.3) is 22.2 Å². The molecule has 0 amide bonds. The van der Waals surface area contributed by atoms with Gasteiger partial charge >= 0.3 is 0 Å². The minimum atomic E-state index is -1.13.